The van der Waals surface area contributed by atoms with Crippen molar-refractivity contribution in [1.29, 1.82) is 0 Å². The fourth-order valence-corrected chi connectivity index (χ4v) is 6.06. The molecule has 2 amide bonds. The Hall–Kier alpha value is -4.43. The van der Waals surface area contributed by atoms with Crippen LogP contribution in [0.3, 0.4) is 0 Å². The van der Waals surface area contributed by atoms with Crippen LogP contribution in [0, 0.1) is 0 Å². The maximum absolute atomic E-state index is 13.4. The Bertz CT molecular complexity index is 1560. The quantitative estimate of drug-likeness (QED) is 0.158. The first kappa shape index (κ1) is 34.9. The van der Waals surface area contributed by atoms with Crippen molar-refractivity contribution in [3.8, 4) is 0 Å². The van der Waals surface area contributed by atoms with Gasteiger partial charge in [0.1, 0.15) is 12.3 Å². The summed E-state index contributed by atoms with van der Waals surface area (Å²) in [7, 11) is 1.00. The Kier molecular flexibility index (Phi) is 12.8. The monoisotopic (exact) mass is 658 g/mol. The summed E-state index contributed by atoms with van der Waals surface area (Å²) in [4.78, 5) is 42.3. The second-order valence-electron chi connectivity index (χ2n) is 11.6. The lowest BCUT2D eigenvalue weighted by Crippen LogP contribution is -2.38. The Morgan fingerprint density at radius 3 is 2.31 bits per heavy atom. The third-order valence-electron chi connectivity index (χ3n) is 8.49. The smallest absolute Gasteiger partial charge is 0.289 e. The molecule has 0 radical (unpaired) electrons. The van der Waals surface area contributed by atoms with Crippen molar-refractivity contribution in [3.63, 3.8) is 0 Å². The van der Waals surface area contributed by atoms with Gasteiger partial charge in [-0.1, -0.05) is 60.7 Å². The highest BCUT2D eigenvalue weighted by Crippen LogP contribution is 2.32. The number of amides is 2. The van der Waals surface area contributed by atoms with Crippen LogP contribution >= 0.6 is 0 Å². The molecular weight excluding hydrogens is 612 g/mol. The van der Waals surface area contributed by atoms with E-state index in [2.05, 4.69) is 55.1 Å². The van der Waals surface area contributed by atoms with E-state index in [0.29, 0.717) is 49.5 Å². The zero-order chi connectivity index (χ0) is 33.7. The van der Waals surface area contributed by atoms with Gasteiger partial charge in [-0.15, -0.1) is 0 Å². The number of aliphatic hydroxyl groups excluding tert-OH is 1. The van der Waals surface area contributed by atoms with Gasteiger partial charge in [0.05, 0.1) is 19.5 Å². The molecule has 0 saturated carbocycles. The molecule has 6 rings (SSSR count). The topological polar surface area (TPSA) is 156 Å². The molecular formula is C35H46N8O5. The summed E-state index contributed by atoms with van der Waals surface area (Å²) in [6.07, 6.45) is 2.68. The summed E-state index contributed by atoms with van der Waals surface area (Å²) < 4.78 is 13.4. The largest absolute Gasteiger partial charge is 0.400 e. The zero-order valence-electron chi connectivity index (χ0n) is 27.7. The van der Waals surface area contributed by atoms with Gasteiger partial charge in [-0.05, 0) is 43.9 Å². The molecule has 2 aromatic carbocycles. The van der Waals surface area contributed by atoms with E-state index in [1.165, 1.54) is 0 Å². The Labute approximate surface area is 281 Å². The number of morpholine rings is 1. The standard InChI is InChI=1S/C34H42N8O4.CH4O/c1-2-35-33(43)27-14-15-28(46-27)42-23-38-29-30(37-22-26(24-10-5-3-6-11-24)25-12-7-4-8-13-25)39-31(40-32(29)42)34(44)36-16-9-17-41-18-20-45-21-19-41;1-2/h3-8,10-13,23,26-28H,2,9,14-22H2,1H3,(H,35,43)(H,36,44)(H,37,39,40);2H,1H3. The van der Waals surface area contributed by atoms with Crippen LogP contribution in [0.25, 0.3) is 11.2 Å². The molecule has 0 bridgehead atoms. The minimum atomic E-state index is -0.548. The minimum absolute atomic E-state index is 0.0305. The number of carbonyl (C=O) groups excluding carboxylic acids is 2. The minimum Gasteiger partial charge on any atom is -0.400 e. The summed E-state index contributed by atoms with van der Waals surface area (Å²) in [6.45, 7) is 7.63. The number of aliphatic hydroxyl groups is 1. The number of imidazole rings is 1. The molecule has 256 valence electrons. The van der Waals surface area contributed by atoms with Crippen molar-refractivity contribution in [2.75, 3.05) is 64.9 Å². The van der Waals surface area contributed by atoms with Crippen LogP contribution in [-0.2, 0) is 14.3 Å². The van der Waals surface area contributed by atoms with Crippen LogP contribution in [0.15, 0.2) is 67.0 Å². The average molecular weight is 659 g/mol. The van der Waals surface area contributed by atoms with Gasteiger partial charge in [-0.3, -0.25) is 19.1 Å². The lowest BCUT2D eigenvalue weighted by atomic mass is 9.91. The summed E-state index contributed by atoms with van der Waals surface area (Å²) in [5.74, 6) is 0.0731. The summed E-state index contributed by atoms with van der Waals surface area (Å²) in [5.41, 5.74) is 3.33. The second-order valence-corrected chi connectivity index (χ2v) is 11.6. The highest BCUT2D eigenvalue weighted by Gasteiger charge is 2.33. The highest BCUT2D eigenvalue weighted by molar-refractivity contribution is 5.94. The Balaban J connectivity index is 0.00000221. The number of likely N-dealkylation sites (N-methyl/N-ethyl adjacent to an activating group) is 1. The van der Waals surface area contributed by atoms with E-state index in [0.717, 1.165) is 57.5 Å². The van der Waals surface area contributed by atoms with Gasteiger partial charge in [0.2, 0.25) is 11.7 Å². The number of anilines is 1. The number of nitrogens with one attached hydrogen (secondary N) is 3. The van der Waals surface area contributed by atoms with E-state index < -0.39 is 12.3 Å². The first-order chi connectivity index (χ1) is 23.6. The van der Waals surface area contributed by atoms with Gasteiger partial charge >= 0.3 is 0 Å². The fourth-order valence-electron chi connectivity index (χ4n) is 6.06. The predicted molar refractivity (Wildman–Crippen MR) is 183 cm³/mol. The normalized spacial score (nSPS) is 17.9. The maximum atomic E-state index is 13.4. The number of carbonyl (C=O) groups is 2. The van der Waals surface area contributed by atoms with Crippen molar-refractivity contribution in [3.05, 3.63) is 83.9 Å². The number of fused-ring (bicyclic) bond motifs is 1. The number of hydrogen-bond acceptors (Lipinski definition) is 10. The lowest BCUT2D eigenvalue weighted by molar-refractivity contribution is -0.133. The zero-order valence-corrected chi connectivity index (χ0v) is 27.7. The highest BCUT2D eigenvalue weighted by atomic mass is 16.5. The van der Waals surface area contributed by atoms with Gasteiger partial charge < -0.3 is 30.5 Å². The van der Waals surface area contributed by atoms with Crippen molar-refractivity contribution in [2.24, 2.45) is 0 Å². The first-order valence-electron chi connectivity index (χ1n) is 16.6. The number of aromatic nitrogens is 4. The number of rotatable bonds is 13. The molecule has 4 N–H and O–H groups in total. The van der Waals surface area contributed by atoms with E-state index >= 15 is 0 Å². The second kappa shape index (κ2) is 17.6. The third kappa shape index (κ3) is 8.72. The van der Waals surface area contributed by atoms with E-state index in [1.807, 2.05) is 47.9 Å². The van der Waals surface area contributed by atoms with Gasteiger partial charge in [-0.25, -0.2) is 15.0 Å². The van der Waals surface area contributed by atoms with E-state index in [1.54, 1.807) is 6.33 Å². The molecule has 0 spiro atoms. The van der Waals surface area contributed by atoms with Gasteiger partial charge in [0.15, 0.2) is 17.0 Å². The molecule has 4 aromatic rings. The Morgan fingerprint density at radius 2 is 1.65 bits per heavy atom. The summed E-state index contributed by atoms with van der Waals surface area (Å²) in [5, 5.41) is 16.3. The van der Waals surface area contributed by atoms with Crippen LogP contribution in [-0.4, -0.2) is 107 Å². The molecule has 13 nitrogen and oxygen atoms in total. The molecule has 2 unspecified atom stereocenters. The van der Waals surface area contributed by atoms with Gasteiger partial charge in [0.25, 0.3) is 5.91 Å². The average Bonchev–Trinajstić information content (AvgIpc) is 3.80. The molecule has 13 heteroatoms. The molecule has 0 aliphatic carbocycles. The van der Waals surface area contributed by atoms with Crippen molar-refractivity contribution in [2.45, 2.75) is 44.4 Å². The molecule has 2 fully saturated rings. The van der Waals surface area contributed by atoms with E-state index in [-0.39, 0.29) is 23.6 Å². The molecule has 2 aromatic heterocycles. The number of ether oxygens (including phenoxy) is 2. The third-order valence-corrected chi connectivity index (χ3v) is 8.49. The number of nitrogens with zero attached hydrogens (tertiary/aromatic N) is 5. The fraction of sp³-hybridized carbons (Fsp3) is 0.457. The van der Waals surface area contributed by atoms with Crippen molar-refractivity contribution < 1.29 is 24.2 Å². The molecule has 2 aliphatic rings. The molecule has 2 saturated heterocycles. The number of hydrogen-bond donors (Lipinski definition) is 4. The molecule has 48 heavy (non-hydrogen) atoms. The Morgan fingerprint density at radius 1 is 0.958 bits per heavy atom. The number of benzene rings is 2. The molecule has 4 heterocycles. The summed E-state index contributed by atoms with van der Waals surface area (Å²) in [6, 6.07) is 20.6. The van der Waals surface area contributed by atoms with Crippen LogP contribution in [0.5, 0.6) is 0 Å². The first-order valence-corrected chi connectivity index (χ1v) is 16.6. The molecule has 2 aliphatic heterocycles. The van der Waals surface area contributed by atoms with Gasteiger partial charge in [-0.2, -0.15) is 0 Å². The van der Waals surface area contributed by atoms with Crippen LogP contribution in [0.1, 0.15) is 60.1 Å². The predicted octanol–water partition coefficient (Wildman–Crippen LogP) is 2.94. The SMILES string of the molecule is CCNC(=O)C1CCC(n2cnc3c(NCC(c4ccccc4)c4ccccc4)nc(C(=O)NCCCN4CCOCC4)nc32)O1.CO. The van der Waals surface area contributed by atoms with Crippen LogP contribution < -0.4 is 16.0 Å². The van der Waals surface area contributed by atoms with Crippen molar-refractivity contribution >= 4 is 28.8 Å². The lowest BCUT2D eigenvalue weighted by Gasteiger charge is -2.26. The van der Waals surface area contributed by atoms with E-state index in [9.17, 15) is 9.59 Å². The van der Waals surface area contributed by atoms with Crippen LogP contribution in [0.2, 0.25) is 0 Å². The van der Waals surface area contributed by atoms with Crippen LogP contribution in [0.4, 0.5) is 5.82 Å². The summed E-state index contributed by atoms with van der Waals surface area (Å²) >= 11 is 0. The van der Waals surface area contributed by atoms with Gasteiger partial charge in [0, 0.05) is 45.8 Å². The van der Waals surface area contributed by atoms with Crippen molar-refractivity contribution in [1.82, 2.24) is 35.1 Å². The van der Waals surface area contributed by atoms with E-state index in [4.69, 9.17) is 19.6 Å². The molecule has 2 atom stereocenters. The maximum Gasteiger partial charge on any atom is 0.289 e.